The molecule has 0 atom stereocenters. The van der Waals surface area contributed by atoms with Crippen LogP contribution in [-0.4, -0.2) is 24.3 Å². The van der Waals surface area contributed by atoms with E-state index in [4.69, 9.17) is 11.1 Å². The summed E-state index contributed by atoms with van der Waals surface area (Å²) in [4.78, 5) is 2.30. The topological polar surface area (TPSA) is 53.1 Å². The molecule has 0 saturated heterocycles. The molecule has 3 heteroatoms. The molecule has 88 valence electrons. The number of nitrogens with two attached hydrogens (primary N) is 1. The number of hydrogen-bond donors (Lipinski definition) is 2. The van der Waals surface area contributed by atoms with Crippen molar-refractivity contribution in [2.45, 2.75) is 20.4 Å². The second kappa shape index (κ2) is 5.66. The highest BCUT2D eigenvalue weighted by atomic mass is 15.1. The molecule has 0 radical (unpaired) electrons. The van der Waals surface area contributed by atoms with Crippen molar-refractivity contribution in [2.24, 2.45) is 11.7 Å². The zero-order valence-corrected chi connectivity index (χ0v) is 10.3. The fourth-order valence-electron chi connectivity index (χ4n) is 1.79. The van der Waals surface area contributed by atoms with E-state index in [2.05, 4.69) is 25.8 Å². The van der Waals surface area contributed by atoms with Crippen LogP contribution in [0.15, 0.2) is 24.3 Å². The van der Waals surface area contributed by atoms with Crippen molar-refractivity contribution in [3.63, 3.8) is 0 Å². The van der Waals surface area contributed by atoms with Gasteiger partial charge < -0.3 is 10.6 Å². The Morgan fingerprint density at radius 1 is 1.31 bits per heavy atom. The van der Waals surface area contributed by atoms with E-state index in [9.17, 15) is 0 Å². The minimum absolute atomic E-state index is 0.127. The van der Waals surface area contributed by atoms with Crippen LogP contribution in [0, 0.1) is 11.3 Å². The second-order valence-electron chi connectivity index (χ2n) is 4.70. The van der Waals surface area contributed by atoms with E-state index >= 15 is 0 Å². The first-order chi connectivity index (χ1) is 7.49. The van der Waals surface area contributed by atoms with E-state index in [-0.39, 0.29) is 5.84 Å². The summed E-state index contributed by atoms with van der Waals surface area (Å²) in [5, 5.41) is 7.31. The third-order valence-electron chi connectivity index (χ3n) is 2.39. The van der Waals surface area contributed by atoms with Gasteiger partial charge in [0.05, 0.1) is 0 Å². The molecular weight excluding hydrogens is 198 g/mol. The molecule has 16 heavy (non-hydrogen) atoms. The Morgan fingerprint density at radius 2 is 1.88 bits per heavy atom. The summed E-state index contributed by atoms with van der Waals surface area (Å²) in [7, 11) is 2.12. The van der Waals surface area contributed by atoms with Gasteiger partial charge in [0, 0.05) is 18.7 Å². The van der Waals surface area contributed by atoms with Crippen molar-refractivity contribution in [3.05, 3.63) is 35.4 Å². The van der Waals surface area contributed by atoms with Gasteiger partial charge >= 0.3 is 0 Å². The first kappa shape index (κ1) is 12.7. The highest BCUT2D eigenvalue weighted by Crippen LogP contribution is 2.07. The minimum Gasteiger partial charge on any atom is -0.384 e. The molecule has 0 aliphatic heterocycles. The van der Waals surface area contributed by atoms with E-state index in [0.29, 0.717) is 5.92 Å². The van der Waals surface area contributed by atoms with Crippen LogP contribution in [0.4, 0.5) is 0 Å². The molecule has 0 saturated carbocycles. The zero-order chi connectivity index (χ0) is 12.1. The molecule has 0 unspecified atom stereocenters. The van der Waals surface area contributed by atoms with Gasteiger partial charge in [0.25, 0.3) is 0 Å². The molecule has 3 nitrogen and oxygen atoms in total. The molecule has 1 rings (SSSR count). The van der Waals surface area contributed by atoms with Gasteiger partial charge in [0.15, 0.2) is 0 Å². The van der Waals surface area contributed by atoms with Crippen LogP contribution in [0.5, 0.6) is 0 Å². The zero-order valence-electron chi connectivity index (χ0n) is 10.3. The highest BCUT2D eigenvalue weighted by Gasteiger charge is 2.03. The van der Waals surface area contributed by atoms with Crippen LogP contribution in [0.3, 0.4) is 0 Å². The summed E-state index contributed by atoms with van der Waals surface area (Å²) in [6.45, 7) is 6.47. The molecule has 1 aromatic rings. The van der Waals surface area contributed by atoms with Crippen LogP contribution in [0.2, 0.25) is 0 Å². The maximum absolute atomic E-state index is 7.31. The maximum atomic E-state index is 7.31. The van der Waals surface area contributed by atoms with Gasteiger partial charge in [0.1, 0.15) is 5.84 Å². The van der Waals surface area contributed by atoms with E-state index in [1.54, 1.807) is 0 Å². The lowest BCUT2D eigenvalue weighted by molar-refractivity contribution is 0.288. The lowest BCUT2D eigenvalue weighted by Crippen LogP contribution is -2.22. The quantitative estimate of drug-likeness (QED) is 0.588. The lowest BCUT2D eigenvalue weighted by Gasteiger charge is -2.18. The molecule has 0 aliphatic carbocycles. The molecular formula is C13H21N3. The maximum Gasteiger partial charge on any atom is 0.122 e. The van der Waals surface area contributed by atoms with Crippen LogP contribution in [0.1, 0.15) is 25.0 Å². The van der Waals surface area contributed by atoms with Crippen molar-refractivity contribution in [1.29, 1.82) is 5.41 Å². The monoisotopic (exact) mass is 219 g/mol. The summed E-state index contributed by atoms with van der Waals surface area (Å²) in [5.74, 6) is 0.809. The number of benzene rings is 1. The second-order valence-corrected chi connectivity index (χ2v) is 4.70. The number of nitrogen functional groups attached to an aromatic ring is 1. The number of rotatable bonds is 5. The van der Waals surface area contributed by atoms with Crippen LogP contribution in [-0.2, 0) is 6.54 Å². The van der Waals surface area contributed by atoms with Gasteiger partial charge in [0.2, 0.25) is 0 Å². The third-order valence-corrected chi connectivity index (χ3v) is 2.39. The van der Waals surface area contributed by atoms with Gasteiger partial charge in [-0.1, -0.05) is 38.1 Å². The molecule has 0 heterocycles. The van der Waals surface area contributed by atoms with Gasteiger partial charge in [-0.15, -0.1) is 0 Å². The van der Waals surface area contributed by atoms with Gasteiger partial charge in [-0.25, -0.2) is 0 Å². The molecule has 0 spiro atoms. The van der Waals surface area contributed by atoms with Gasteiger partial charge in [-0.3, -0.25) is 5.41 Å². The van der Waals surface area contributed by atoms with Crippen molar-refractivity contribution >= 4 is 5.84 Å². The average Bonchev–Trinajstić information content (AvgIpc) is 2.16. The summed E-state index contributed by atoms with van der Waals surface area (Å²) in [5.41, 5.74) is 7.45. The summed E-state index contributed by atoms with van der Waals surface area (Å²) in [6, 6.07) is 7.88. The molecule has 1 aromatic carbocycles. The standard InChI is InChI=1S/C13H21N3/c1-10(2)8-16(3)9-11-4-6-12(7-5-11)13(14)15/h4-7,10H,8-9H2,1-3H3,(H3,14,15). The number of nitrogens with zero attached hydrogens (tertiary/aromatic N) is 1. The molecule has 0 aromatic heterocycles. The molecule has 3 N–H and O–H groups in total. The Morgan fingerprint density at radius 3 is 2.31 bits per heavy atom. The fraction of sp³-hybridized carbons (Fsp3) is 0.462. The Labute approximate surface area is 97.8 Å². The smallest absolute Gasteiger partial charge is 0.122 e. The highest BCUT2D eigenvalue weighted by molar-refractivity contribution is 5.94. The van der Waals surface area contributed by atoms with Crippen molar-refractivity contribution < 1.29 is 0 Å². The van der Waals surface area contributed by atoms with Gasteiger partial charge in [-0.2, -0.15) is 0 Å². The van der Waals surface area contributed by atoms with Crippen LogP contribution >= 0.6 is 0 Å². The molecule has 0 amide bonds. The van der Waals surface area contributed by atoms with E-state index < -0.39 is 0 Å². The SMILES string of the molecule is CC(C)CN(C)Cc1ccc(C(=N)N)cc1. The van der Waals surface area contributed by atoms with Crippen molar-refractivity contribution in [3.8, 4) is 0 Å². The summed E-state index contributed by atoms with van der Waals surface area (Å²) in [6.07, 6.45) is 0. The van der Waals surface area contributed by atoms with Crippen molar-refractivity contribution in [2.75, 3.05) is 13.6 Å². The van der Waals surface area contributed by atoms with Crippen molar-refractivity contribution in [1.82, 2.24) is 4.90 Å². The van der Waals surface area contributed by atoms with E-state index in [0.717, 1.165) is 18.7 Å². The Balaban J connectivity index is 2.58. The van der Waals surface area contributed by atoms with Gasteiger partial charge in [-0.05, 0) is 18.5 Å². The van der Waals surface area contributed by atoms with Crippen LogP contribution < -0.4 is 5.73 Å². The normalized spacial score (nSPS) is 11.1. The number of nitrogens with one attached hydrogen (secondary N) is 1. The molecule has 0 bridgehead atoms. The molecule has 0 fully saturated rings. The Bertz CT molecular complexity index is 341. The summed E-state index contributed by atoms with van der Waals surface area (Å²) < 4.78 is 0. The largest absolute Gasteiger partial charge is 0.384 e. The minimum atomic E-state index is 0.127. The molecule has 0 aliphatic rings. The Kier molecular flexibility index (Phi) is 4.50. The van der Waals surface area contributed by atoms with Crippen LogP contribution in [0.25, 0.3) is 0 Å². The first-order valence-electron chi connectivity index (χ1n) is 5.61. The first-order valence-corrected chi connectivity index (χ1v) is 5.61. The number of hydrogen-bond acceptors (Lipinski definition) is 2. The Hall–Kier alpha value is -1.35. The predicted molar refractivity (Wildman–Crippen MR) is 68.6 cm³/mol. The average molecular weight is 219 g/mol. The lowest BCUT2D eigenvalue weighted by atomic mass is 10.1. The van der Waals surface area contributed by atoms with E-state index in [1.807, 2.05) is 24.3 Å². The predicted octanol–water partition coefficient (Wildman–Crippen LogP) is 2.06. The third kappa shape index (κ3) is 4.03. The van der Waals surface area contributed by atoms with E-state index in [1.165, 1.54) is 5.56 Å². The fourth-order valence-corrected chi connectivity index (χ4v) is 1.79. The number of amidine groups is 1. The summed E-state index contributed by atoms with van der Waals surface area (Å²) >= 11 is 0.